The molecule has 0 bridgehead atoms. The molecule has 0 aliphatic heterocycles. The van der Waals surface area contributed by atoms with Crippen LogP contribution in [0, 0.1) is 28.6 Å². The van der Waals surface area contributed by atoms with Crippen LogP contribution in [0.3, 0.4) is 0 Å². The first-order valence-corrected chi connectivity index (χ1v) is 8.69. The Morgan fingerprint density at radius 2 is 1.95 bits per heavy atom. The van der Waals surface area contributed by atoms with E-state index in [-0.39, 0.29) is 0 Å². The van der Waals surface area contributed by atoms with Crippen molar-refractivity contribution in [3.63, 3.8) is 0 Å². The second-order valence-electron chi connectivity index (χ2n) is 8.79. The van der Waals surface area contributed by atoms with E-state index in [0.29, 0.717) is 10.8 Å². The maximum Gasteiger partial charge on any atom is -0.0146 e. The summed E-state index contributed by atoms with van der Waals surface area (Å²) in [5.41, 5.74) is 4.31. The minimum Gasteiger partial charge on any atom is -0.0998 e. The van der Waals surface area contributed by atoms with E-state index in [1.807, 2.05) is 0 Å². The van der Waals surface area contributed by atoms with Crippen LogP contribution < -0.4 is 0 Å². The summed E-state index contributed by atoms with van der Waals surface area (Å²) in [6.45, 7) is 14.1. The van der Waals surface area contributed by atoms with Gasteiger partial charge in [-0.25, -0.2) is 0 Å². The van der Waals surface area contributed by atoms with E-state index in [0.717, 1.165) is 17.8 Å². The average Bonchev–Trinajstić information content (AvgIpc) is 2.37. The summed E-state index contributed by atoms with van der Waals surface area (Å²) in [5, 5.41) is 0. The van der Waals surface area contributed by atoms with E-state index >= 15 is 0 Å². The van der Waals surface area contributed by atoms with Crippen molar-refractivity contribution in [3.8, 4) is 0 Å². The predicted octanol–water partition coefficient (Wildman–Crippen LogP) is 6.14. The maximum atomic E-state index is 4.21. The third-order valence-corrected chi connectivity index (χ3v) is 7.12. The molecule has 20 heavy (non-hydrogen) atoms. The van der Waals surface area contributed by atoms with Crippen LogP contribution in [-0.2, 0) is 0 Å². The van der Waals surface area contributed by atoms with Crippen LogP contribution in [-0.4, -0.2) is 0 Å². The van der Waals surface area contributed by atoms with Crippen LogP contribution >= 0.6 is 0 Å². The first-order valence-electron chi connectivity index (χ1n) is 8.69. The SMILES string of the molecule is C=C(C)C1CCC2C(=CCC3C(C)(C)CCCC23C)C1. The highest BCUT2D eigenvalue weighted by Crippen LogP contribution is 2.62. The van der Waals surface area contributed by atoms with E-state index in [1.165, 1.54) is 50.5 Å². The van der Waals surface area contributed by atoms with Gasteiger partial charge in [0.05, 0.1) is 0 Å². The van der Waals surface area contributed by atoms with Crippen LogP contribution in [0.5, 0.6) is 0 Å². The molecule has 0 aromatic rings. The van der Waals surface area contributed by atoms with Gasteiger partial charge in [-0.1, -0.05) is 51.0 Å². The van der Waals surface area contributed by atoms with Crippen LogP contribution in [0.25, 0.3) is 0 Å². The van der Waals surface area contributed by atoms with Gasteiger partial charge in [-0.2, -0.15) is 0 Å². The Bertz CT molecular complexity index is 439. The lowest BCUT2D eigenvalue weighted by Gasteiger charge is -2.58. The number of allylic oxidation sites excluding steroid dienone is 3. The Kier molecular flexibility index (Phi) is 3.42. The van der Waals surface area contributed by atoms with E-state index in [2.05, 4.69) is 40.3 Å². The molecule has 0 N–H and O–H groups in total. The summed E-state index contributed by atoms with van der Waals surface area (Å²) in [6.07, 6.45) is 12.4. The van der Waals surface area contributed by atoms with Crippen molar-refractivity contribution in [2.45, 2.75) is 72.6 Å². The zero-order valence-corrected chi connectivity index (χ0v) is 14.0. The average molecular weight is 272 g/mol. The normalized spacial score (nSPS) is 43.2. The first kappa shape index (κ1) is 14.4. The molecule has 3 rings (SSSR count). The molecule has 0 aromatic heterocycles. The molecule has 0 heterocycles. The smallest absolute Gasteiger partial charge is 0.0146 e. The molecule has 0 nitrogen and oxygen atoms in total. The van der Waals surface area contributed by atoms with Crippen LogP contribution in [0.2, 0.25) is 0 Å². The summed E-state index contributed by atoms with van der Waals surface area (Å²) < 4.78 is 0. The summed E-state index contributed by atoms with van der Waals surface area (Å²) in [7, 11) is 0. The number of fused-ring (bicyclic) bond motifs is 3. The summed E-state index contributed by atoms with van der Waals surface area (Å²) in [5.74, 6) is 2.53. The molecule has 0 saturated heterocycles. The zero-order valence-electron chi connectivity index (χ0n) is 14.0. The van der Waals surface area contributed by atoms with Crippen molar-refractivity contribution in [1.82, 2.24) is 0 Å². The van der Waals surface area contributed by atoms with E-state index in [9.17, 15) is 0 Å². The third kappa shape index (κ3) is 2.11. The summed E-state index contributed by atoms with van der Waals surface area (Å²) in [6, 6.07) is 0. The molecular weight excluding hydrogens is 240 g/mol. The minimum absolute atomic E-state index is 0.542. The van der Waals surface area contributed by atoms with Crippen molar-refractivity contribution in [3.05, 3.63) is 23.8 Å². The molecule has 3 aliphatic rings. The van der Waals surface area contributed by atoms with Gasteiger partial charge in [-0.15, -0.1) is 0 Å². The van der Waals surface area contributed by atoms with Crippen molar-refractivity contribution < 1.29 is 0 Å². The van der Waals surface area contributed by atoms with Gasteiger partial charge >= 0.3 is 0 Å². The molecule has 2 saturated carbocycles. The number of hydrogen-bond donors (Lipinski definition) is 0. The number of hydrogen-bond acceptors (Lipinski definition) is 0. The molecule has 2 fully saturated rings. The molecule has 0 aromatic carbocycles. The van der Waals surface area contributed by atoms with Gasteiger partial charge in [0.2, 0.25) is 0 Å². The highest BCUT2D eigenvalue weighted by Gasteiger charge is 2.53. The van der Waals surface area contributed by atoms with Crippen LogP contribution in [0.4, 0.5) is 0 Å². The Balaban J connectivity index is 1.90. The fourth-order valence-corrected chi connectivity index (χ4v) is 5.92. The molecule has 0 radical (unpaired) electrons. The molecule has 0 spiro atoms. The molecule has 4 atom stereocenters. The van der Waals surface area contributed by atoms with Gasteiger partial charge in [0, 0.05) is 0 Å². The Hall–Kier alpha value is -0.520. The topological polar surface area (TPSA) is 0 Å². The van der Waals surface area contributed by atoms with Crippen molar-refractivity contribution in [1.29, 1.82) is 0 Å². The molecule has 3 aliphatic carbocycles. The lowest BCUT2D eigenvalue weighted by molar-refractivity contribution is -0.0457. The van der Waals surface area contributed by atoms with Gasteiger partial charge in [-0.3, -0.25) is 0 Å². The van der Waals surface area contributed by atoms with Crippen LogP contribution in [0.15, 0.2) is 23.8 Å². The fourth-order valence-electron chi connectivity index (χ4n) is 5.92. The fraction of sp³-hybridized carbons (Fsp3) is 0.800. The van der Waals surface area contributed by atoms with E-state index in [1.54, 1.807) is 5.57 Å². The van der Waals surface area contributed by atoms with Crippen molar-refractivity contribution in [2.24, 2.45) is 28.6 Å². The van der Waals surface area contributed by atoms with Gasteiger partial charge < -0.3 is 0 Å². The molecular formula is C20H32. The Labute approximate surface area is 125 Å². The van der Waals surface area contributed by atoms with Crippen LogP contribution in [0.1, 0.15) is 72.6 Å². The van der Waals surface area contributed by atoms with Crippen molar-refractivity contribution >= 4 is 0 Å². The Morgan fingerprint density at radius 3 is 2.65 bits per heavy atom. The van der Waals surface area contributed by atoms with Gasteiger partial charge in [0.25, 0.3) is 0 Å². The van der Waals surface area contributed by atoms with Gasteiger partial charge in [-0.05, 0) is 74.0 Å². The quantitative estimate of drug-likeness (QED) is 0.503. The lowest BCUT2D eigenvalue weighted by Crippen LogP contribution is -2.49. The predicted molar refractivity (Wildman–Crippen MR) is 87.6 cm³/mol. The minimum atomic E-state index is 0.542. The monoisotopic (exact) mass is 272 g/mol. The lowest BCUT2D eigenvalue weighted by atomic mass is 9.46. The maximum absolute atomic E-state index is 4.21. The molecule has 0 heteroatoms. The standard InChI is InChI=1S/C20H32/c1-14(2)15-7-9-17-16(13-15)8-10-18-19(3,4)11-6-12-20(17,18)5/h8,15,17-18H,1,6-7,9-13H2,2-5H3. The molecule has 4 unspecified atom stereocenters. The molecule has 112 valence electrons. The first-order chi connectivity index (χ1) is 9.34. The van der Waals surface area contributed by atoms with Gasteiger partial charge in [0.1, 0.15) is 0 Å². The van der Waals surface area contributed by atoms with Crippen molar-refractivity contribution in [2.75, 3.05) is 0 Å². The number of rotatable bonds is 1. The second kappa shape index (κ2) is 4.75. The zero-order chi connectivity index (χ0) is 14.5. The van der Waals surface area contributed by atoms with E-state index < -0.39 is 0 Å². The summed E-state index contributed by atoms with van der Waals surface area (Å²) in [4.78, 5) is 0. The highest BCUT2D eigenvalue weighted by atomic mass is 14.6. The second-order valence-corrected chi connectivity index (χ2v) is 8.79. The van der Waals surface area contributed by atoms with Gasteiger partial charge in [0.15, 0.2) is 0 Å². The summed E-state index contributed by atoms with van der Waals surface area (Å²) >= 11 is 0. The highest BCUT2D eigenvalue weighted by molar-refractivity contribution is 5.24. The largest absolute Gasteiger partial charge is 0.0998 e. The Morgan fingerprint density at radius 1 is 1.20 bits per heavy atom. The third-order valence-electron chi connectivity index (χ3n) is 7.12. The molecule has 0 amide bonds. The van der Waals surface area contributed by atoms with E-state index in [4.69, 9.17) is 0 Å².